The van der Waals surface area contributed by atoms with Crippen LogP contribution >= 0.6 is 0 Å². The Balaban J connectivity index is 1.97. The van der Waals surface area contributed by atoms with Crippen LogP contribution < -0.4 is 4.74 Å². The fourth-order valence-electron chi connectivity index (χ4n) is 2.32. The number of rotatable bonds is 1. The van der Waals surface area contributed by atoms with Crippen molar-refractivity contribution in [3.63, 3.8) is 0 Å². The van der Waals surface area contributed by atoms with Gasteiger partial charge in [-0.1, -0.05) is 48.5 Å². The average molecular weight is 226 g/mol. The topological polar surface area (TPSA) is 29.5 Å². The number of benzene rings is 2. The third-order valence-corrected chi connectivity index (χ3v) is 3.26. The molecule has 2 unspecified atom stereocenters. The van der Waals surface area contributed by atoms with Crippen LogP contribution in [-0.4, -0.2) is 11.7 Å². The molecule has 1 aliphatic heterocycles. The second-order valence-corrected chi connectivity index (χ2v) is 4.31. The first-order valence-electron chi connectivity index (χ1n) is 5.81. The van der Waals surface area contributed by atoms with E-state index >= 15 is 0 Å². The van der Waals surface area contributed by atoms with Gasteiger partial charge in [0.2, 0.25) is 0 Å². The van der Waals surface area contributed by atoms with Crippen LogP contribution in [0.15, 0.2) is 54.6 Å². The molecule has 0 spiro atoms. The van der Waals surface area contributed by atoms with Crippen molar-refractivity contribution in [1.29, 1.82) is 0 Å². The van der Waals surface area contributed by atoms with Crippen molar-refractivity contribution < 1.29 is 9.84 Å². The summed E-state index contributed by atoms with van der Waals surface area (Å²) < 4.78 is 5.70. The van der Waals surface area contributed by atoms with Crippen LogP contribution in [0.2, 0.25) is 0 Å². The Kier molecular flexibility index (Phi) is 2.57. The van der Waals surface area contributed by atoms with Gasteiger partial charge in [-0.3, -0.25) is 0 Å². The summed E-state index contributed by atoms with van der Waals surface area (Å²) in [6.45, 7) is 0.530. The maximum Gasteiger partial charge on any atom is 0.125 e. The van der Waals surface area contributed by atoms with E-state index < -0.39 is 6.10 Å². The van der Waals surface area contributed by atoms with Crippen LogP contribution in [0.1, 0.15) is 23.1 Å². The number of aliphatic hydroxyl groups excluding tert-OH is 1. The zero-order valence-electron chi connectivity index (χ0n) is 9.41. The minimum Gasteiger partial charge on any atom is -0.492 e. The summed E-state index contributed by atoms with van der Waals surface area (Å²) in [5, 5.41) is 10.4. The van der Waals surface area contributed by atoms with Crippen molar-refractivity contribution in [2.45, 2.75) is 12.0 Å². The van der Waals surface area contributed by atoms with E-state index in [0.29, 0.717) is 6.61 Å². The summed E-state index contributed by atoms with van der Waals surface area (Å²) in [6.07, 6.45) is -0.484. The van der Waals surface area contributed by atoms with Gasteiger partial charge in [-0.05, 0) is 11.6 Å². The van der Waals surface area contributed by atoms with Gasteiger partial charge in [-0.25, -0.2) is 0 Å². The van der Waals surface area contributed by atoms with E-state index in [2.05, 4.69) is 0 Å². The number of ether oxygens (including phenoxy) is 1. The molecular weight excluding hydrogens is 212 g/mol. The summed E-state index contributed by atoms with van der Waals surface area (Å²) in [5.74, 6) is 0.818. The average Bonchev–Trinajstić information content (AvgIpc) is 2.40. The zero-order valence-corrected chi connectivity index (χ0v) is 9.41. The van der Waals surface area contributed by atoms with Crippen LogP contribution in [-0.2, 0) is 0 Å². The van der Waals surface area contributed by atoms with Gasteiger partial charge >= 0.3 is 0 Å². The van der Waals surface area contributed by atoms with Gasteiger partial charge < -0.3 is 9.84 Å². The Morgan fingerprint density at radius 3 is 2.47 bits per heavy atom. The fraction of sp³-hybridized carbons (Fsp3) is 0.200. The standard InChI is InChI=1S/C15H14O2/c16-15-12-8-4-5-9-14(12)17-10-13(15)11-6-2-1-3-7-11/h1-9,13,15-16H,10H2. The van der Waals surface area contributed by atoms with Gasteiger partial charge in [-0.2, -0.15) is 0 Å². The Labute approximate surface area is 100 Å². The molecule has 0 saturated heterocycles. The number of fused-ring (bicyclic) bond motifs is 1. The molecule has 0 fully saturated rings. The van der Waals surface area contributed by atoms with Gasteiger partial charge in [0.25, 0.3) is 0 Å². The van der Waals surface area contributed by atoms with Gasteiger partial charge in [-0.15, -0.1) is 0 Å². The predicted octanol–water partition coefficient (Wildman–Crippen LogP) is 2.90. The lowest BCUT2D eigenvalue weighted by Crippen LogP contribution is -2.24. The lowest BCUT2D eigenvalue weighted by atomic mass is 9.88. The fourth-order valence-corrected chi connectivity index (χ4v) is 2.32. The molecule has 2 heteroatoms. The van der Waals surface area contributed by atoms with Gasteiger partial charge in [0, 0.05) is 11.5 Å². The smallest absolute Gasteiger partial charge is 0.125 e. The molecule has 1 aliphatic rings. The lowest BCUT2D eigenvalue weighted by molar-refractivity contribution is 0.0890. The molecule has 2 nitrogen and oxygen atoms in total. The van der Waals surface area contributed by atoms with E-state index in [1.807, 2.05) is 54.6 Å². The molecule has 0 radical (unpaired) electrons. The van der Waals surface area contributed by atoms with Crippen molar-refractivity contribution in [3.8, 4) is 5.75 Å². The van der Waals surface area contributed by atoms with Crippen LogP contribution in [0, 0.1) is 0 Å². The van der Waals surface area contributed by atoms with Crippen molar-refractivity contribution >= 4 is 0 Å². The quantitative estimate of drug-likeness (QED) is 0.810. The van der Waals surface area contributed by atoms with E-state index in [9.17, 15) is 5.11 Å². The van der Waals surface area contributed by atoms with Crippen molar-refractivity contribution in [2.75, 3.05) is 6.61 Å². The van der Waals surface area contributed by atoms with Gasteiger partial charge in [0.15, 0.2) is 0 Å². The lowest BCUT2D eigenvalue weighted by Gasteiger charge is -2.30. The molecular formula is C15H14O2. The highest BCUT2D eigenvalue weighted by molar-refractivity contribution is 5.40. The summed E-state index contributed by atoms with van der Waals surface area (Å²) >= 11 is 0. The summed E-state index contributed by atoms with van der Waals surface area (Å²) in [5.41, 5.74) is 2.00. The highest BCUT2D eigenvalue weighted by Crippen LogP contribution is 2.39. The van der Waals surface area contributed by atoms with E-state index in [-0.39, 0.29) is 5.92 Å². The molecule has 0 saturated carbocycles. The summed E-state index contributed by atoms with van der Waals surface area (Å²) in [4.78, 5) is 0. The molecule has 86 valence electrons. The van der Waals surface area contributed by atoms with Crippen LogP contribution in [0.5, 0.6) is 5.75 Å². The normalized spacial score (nSPS) is 22.6. The third kappa shape index (κ3) is 1.81. The third-order valence-electron chi connectivity index (χ3n) is 3.26. The van der Waals surface area contributed by atoms with E-state index in [4.69, 9.17) is 4.74 Å². The van der Waals surface area contributed by atoms with E-state index in [1.165, 1.54) is 0 Å². The monoisotopic (exact) mass is 226 g/mol. The molecule has 2 aromatic rings. The SMILES string of the molecule is OC1c2ccccc2OCC1c1ccccc1. The first-order chi connectivity index (χ1) is 8.36. The maximum absolute atomic E-state index is 10.4. The molecule has 1 heterocycles. The second kappa shape index (κ2) is 4.22. The number of para-hydroxylation sites is 1. The Morgan fingerprint density at radius 1 is 0.941 bits per heavy atom. The van der Waals surface area contributed by atoms with Crippen LogP contribution in [0.3, 0.4) is 0 Å². The highest BCUT2D eigenvalue weighted by atomic mass is 16.5. The first kappa shape index (κ1) is 10.4. The highest BCUT2D eigenvalue weighted by Gasteiger charge is 2.29. The van der Waals surface area contributed by atoms with Gasteiger partial charge in [0.1, 0.15) is 5.75 Å². The largest absolute Gasteiger partial charge is 0.492 e. The first-order valence-corrected chi connectivity index (χ1v) is 5.81. The predicted molar refractivity (Wildman–Crippen MR) is 66.1 cm³/mol. The Hall–Kier alpha value is -1.80. The van der Waals surface area contributed by atoms with Crippen molar-refractivity contribution in [3.05, 3.63) is 65.7 Å². The van der Waals surface area contributed by atoms with E-state index in [1.54, 1.807) is 0 Å². The Morgan fingerprint density at radius 2 is 1.65 bits per heavy atom. The molecule has 0 aromatic heterocycles. The summed E-state index contributed by atoms with van der Waals surface area (Å²) in [6, 6.07) is 17.7. The number of hydrogen-bond acceptors (Lipinski definition) is 2. The van der Waals surface area contributed by atoms with Crippen molar-refractivity contribution in [2.24, 2.45) is 0 Å². The Bertz CT molecular complexity index is 507. The molecule has 2 aromatic carbocycles. The number of aliphatic hydroxyl groups is 1. The van der Waals surface area contributed by atoms with Crippen LogP contribution in [0.4, 0.5) is 0 Å². The molecule has 3 rings (SSSR count). The minimum absolute atomic E-state index is 0.0195. The van der Waals surface area contributed by atoms with Gasteiger partial charge in [0.05, 0.1) is 12.7 Å². The van der Waals surface area contributed by atoms with Crippen molar-refractivity contribution in [1.82, 2.24) is 0 Å². The van der Waals surface area contributed by atoms with E-state index in [0.717, 1.165) is 16.9 Å². The molecule has 0 aliphatic carbocycles. The molecule has 0 bridgehead atoms. The zero-order chi connectivity index (χ0) is 11.7. The second-order valence-electron chi connectivity index (χ2n) is 4.31. The molecule has 0 amide bonds. The minimum atomic E-state index is -0.484. The molecule has 17 heavy (non-hydrogen) atoms. The molecule has 1 N–H and O–H groups in total. The maximum atomic E-state index is 10.4. The number of hydrogen-bond donors (Lipinski definition) is 1. The summed E-state index contributed by atoms with van der Waals surface area (Å²) in [7, 11) is 0. The molecule has 2 atom stereocenters. The van der Waals surface area contributed by atoms with Crippen LogP contribution in [0.25, 0.3) is 0 Å².